The van der Waals surface area contributed by atoms with E-state index in [1.807, 2.05) is 13.8 Å². The summed E-state index contributed by atoms with van der Waals surface area (Å²) in [4.78, 5) is 20.7. The average Bonchev–Trinajstić information content (AvgIpc) is 2.19. The third-order valence-electron chi connectivity index (χ3n) is 2.70. The van der Waals surface area contributed by atoms with Gasteiger partial charge in [0.05, 0.1) is 0 Å². The molecule has 0 aliphatic rings. The summed E-state index contributed by atoms with van der Waals surface area (Å²) in [5.74, 6) is 0. The molecule has 0 aromatic rings. The minimum atomic E-state index is -0.986. The first-order chi connectivity index (χ1) is 8.33. The van der Waals surface area contributed by atoms with Crippen LogP contribution in [0.2, 0.25) is 0 Å². The van der Waals surface area contributed by atoms with Gasteiger partial charge < -0.3 is 20.8 Å². The second kappa shape index (κ2) is 8.60. The van der Waals surface area contributed by atoms with Crippen molar-refractivity contribution in [2.24, 2.45) is 0 Å². The summed E-state index contributed by atoms with van der Waals surface area (Å²) in [5.41, 5.74) is -0.378. The quantitative estimate of drug-likeness (QED) is 0.479. The molecule has 0 aliphatic heterocycles. The van der Waals surface area contributed by atoms with Crippen LogP contribution in [-0.2, 0) is 0 Å². The van der Waals surface area contributed by atoms with Gasteiger partial charge in [-0.05, 0) is 26.7 Å². The first-order valence-corrected chi connectivity index (χ1v) is 6.31. The zero-order chi connectivity index (χ0) is 14.0. The molecule has 0 aromatic carbocycles. The first kappa shape index (κ1) is 16.5. The highest BCUT2D eigenvalue weighted by Gasteiger charge is 2.18. The van der Waals surface area contributed by atoms with Crippen LogP contribution in [0.3, 0.4) is 0 Å². The number of amides is 2. The van der Waals surface area contributed by atoms with Gasteiger partial charge in [0.15, 0.2) is 0 Å². The lowest BCUT2D eigenvalue weighted by molar-refractivity contribution is 0.180. The second-order valence-corrected chi connectivity index (χ2v) is 5.06. The van der Waals surface area contributed by atoms with E-state index in [1.165, 1.54) is 0 Å². The largest absolute Gasteiger partial charge is 0.465 e. The molecule has 0 aliphatic carbocycles. The van der Waals surface area contributed by atoms with Crippen LogP contribution in [0.15, 0.2) is 0 Å². The van der Waals surface area contributed by atoms with Crippen molar-refractivity contribution in [1.82, 2.24) is 10.6 Å². The molecule has 18 heavy (non-hydrogen) atoms. The lowest BCUT2D eigenvalue weighted by atomic mass is 9.96. The van der Waals surface area contributed by atoms with E-state index in [2.05, 4.69) is 10.6 Å². The smallest absolute Gasteiger partial charge is 0.405 e. The Hall–Kier alpha value is -1.46. The fourth-order valence-electron chi connectivity index (χ4n) is 1.77. The molecule has 0 spiro atoms. The molecular weight excluding hydrogens is 236 g/mol. The van der Waals surface area contributed by atoms with Crippen molar-refractivity contribution >= 4 is 12.2 Å². The van der Waals surface area contributed by atoms with Crippen molar-refractivity contribution < 1.29 is 19.8 Å². The van der Waals surface area contributed by atoms with Crippen LogP contribution in [0.1, 0.15) is 52.4 Å². The monoisotopic (exact) mass is 260 g/mol. The molecule has 0 saturated carbocycles. The van der Waals surface area contributed by atoms with Crippen molar-refractivity contribution in [2.75, 3.05) is 6.54 Å². The molecule has 0 unspecified atom stereocenters. The van der Waals surface area contributed by atoms with E-state index in [0.29, 0.717) is 6.54 Å². The number of hydrogen-bond donors (Lipinski definition) is 4. The van der Waals surface area contributed by atoms with E-state index in [0.717, 1.165) is 38.5 Å². The summed E-state index contributed by atoms with van der Waals surface area (Å²) in [5, 5.41) is 21.8. The molecule has 6 nitrogen and oxygen atoms in total. The predicted molar refractivity (Wildman–Crippen MR) is 69.0 cm³/mol. The van der Waals surface area contributed by atoms with Crippen molar-refractivity contribution in [3.63, 3.8) is 0 Å². The fourth-order valence-corrected chi connectivity index (χ4v) is 1.77. The Kier molecular flexibility index (Phi) is 7.91. The maximum atomic E-state index is 10.5. The highest BCUT2D eigenvalue weighted by molar-refractivity contribution is 5.65. The maximum absolute atomic E-state index is 10.5. The topological polar surface area (TPSA) is 98.7 Å². The van der Waals surface area contributed by atoms with E-state index in [-0.39, 0.29) is 5.54 Å². The Bertz CT molecular complexity index is 267. The molecule has 0 saturated heterocycles. The third kappa shape index (κ3) is 11.0. The molecule has 106 valence electrons. The van der Waals surface area contributed by atoms with Crippen LogP contribution in [0.5, 0.6) is 0 Å². The molecule has 2 amide bonds. The van der Waals surface area contributed by atoms with Crippen molar-refractivity contribution in [1.29, 1.82) is 0 Å². The van der Waals surface area contributed by atoms with Gasteiger partial charge in [0.2, 0.25) is 0 Å². The summed E-state index contributed by atoms with van der Waals surface area (Å²) in [7, 11) is 0. The molecule has 0 bridgehead atoms. The summed E-state index contributed by atoms with van der Waals surface area (Å²) in [6, 6.07) is 0. The Labute approximate surface area is 108 Å². The first-order valence-electron chi connectivity index (χ1n) is 6.31. The second-order valence-electron chi connectivity index (χ2n) is 5.06. The van der Waals surface area contributed by atoms with Crippen LogP contribution in [0, 0.1) is 0 Å². The lowest BCUT2D eigenvalue weighted by Gasteiger charge is -2.24. The van der Waals surface area contributed by atoms with Gasteiger partial charge in [-0.2, -0.15) is 0 Å². The number of nitrogens with one attached hydrogen (secondary N) is 2. The molecule has 0 aromatic heterocycles. The van der Waals surface area contributed by atoms with Crippen LogP contribution >= 0.6 is 0 Å². The standard InChI is InChI=1S/C12H24N2O4/c1-12(2,14-11(17)18)8-6-4-3-5-7-9-13-10(15)16/h13-14H,3-9H2,1-2H3,(H,15,16)(H,17,18). The van der Waals surface area contributed by atoms with Crippen LogP contribution < -0.4 is 10.6 Å². The summed E-state index contributed by atoms with van der Waals surface area (Å²) in [6.45, 7) is 4.25. The Morgan fingerprint density at radius 1 is 0.944 bits per heavy atom. The predicted octanol–water partition coefficient (Wildman–Crippen LogP) is 2.64. The average molecular weight is 260 g/mol. The Morgan fingerprint density at radius 2 is 1.50 bits per heavy atom. The van der Waals surface area contributed by atoms with Gasteiger partial charge in [0, 0.05) is 12.1 Å². The van der Waals surface area contributed by atoms with Gasteiger partial charge in [-0.15, -0.1) is 0 Å². The van der Waals surface area contributed by atoms with Crippen molar-refractivity contribution in [3.05, 3.63) is 0 Å². The minimum absolute atomic E-state index is 0.378. The van der Waals surface area contributed by atoms with E-state index in [4.69, 9.17) is 10.2 Å². The highest BCUT2D eigenvalue weighted by atomic mass is 16.4. The van der Waals surface area contributed by atoms with Gasteiger partial charge >= 0.3 is 12.2 Å². The highest BCUT2D eigenvalue weighted by Crippen LogP contribution is 2.14. The Morgan fingerprint density at radius 3 is 2.06 bits per heavy atom. The number of unbranched alkanes of at least 4 members (excludes halogenated alkanes) is 4. The summed E-state index contributed by atoms with van der Waals surface area (Å²) >= 11 is 0. The van der Waals surface area contributed by atoms with Gasteiger partial charge in [0.1, 0.15) is 0 Å². The normalized spacial score (nSPS) is 11.0. The van der Waals surface area contributed by atoms with E-state index < -0.39 is 12.2 Å². The number of carbonyl (C=O) groups is 2. The van der Waals surface area contributed by atoms with Crippen LogP contribution in [-0.4, -0.2) is 34.5 Å². The lowest BCUT2D eigenvalue weighted by Crippen LogP contribution is -2.42. The number of rotatable bonds is 9. The van der Waals surface area contributed by atoms with E-state index in [1.54, 1.807) is 0 Å². The minimum Gasteiger partial charge on any atom is -0.465 e. The van der Waals surface area contributed by atoms with Gasteiger partial charge in [-0.25, -0.2) is 9.59 Å². The van der Waals surface area contributed by atoms with Gasteiger partial charge in [-0.1, -0.05) is 25.7 Å². The molecule has 0 rings (SSSR count). The zero-order valence-electron chi connectivity index (χ0n) is 11.2. The van der Waals surface area contributed by atoms with Crippen LogP contribution in [0.4, 0.5) is 9.59 Å². The van der Waals surface area contributed by atoms with Gasteiger partial charge in [-0.3, -0.25) is 0 Å². The van der Waals surface area contributed by atoms with E-state index in [9.17, 15) is 9.59 Å². The number of hydrogen-bond acceptors (Lipinski definition) is 2. The molecule has 0 fully saturated rings. The summed E-state index contributed by atoms with van der Waals surface area (Å²) in [6.07, 6.45) is 3.75. The molecule has 4 N–H and O–H groups in total. The van der Waals surface area contributed by atoms with Crippen molar-refractivity contribution in [2.45, 2.75) is 57.9 Å². The summed E-state index contributed by atoms with van der Waals surface area (Å²) < 4.78 is 0. The van der Waals surface area contributed by atoms with Crippen molar-refractivity contribution in [3.8, 4) is 0 Å². The molecule has 0 heterocycles. The Balaban J connectivity index is 3.39. The SMILES string of the molecule is CC(C)(CCCCCCCNC(=O)O)NC(=O)O. The maximum Gasteiger partial charge on any atom is 0.405 e. The van der Waals surface area contributed by atoms with Gasteiger partial charge in [0.25, 0.3) is 0 Å². The van der Waals surface area contributed by atoms with E-state index >= 15 is 0 Å². The number of carboxylic acid groups (broad SMARTS) is 2. The third-order valence-corrected chi connectivity index (χ3v) is 2.70. The molecular formula is C12H24N2O4. The zero-order valence-corrected chi connectivity index (χ0v) is 11.2. The molecule has 0 radical (unpaired) electrons. The van der Waals surface area contributed by atoms with Crippen LogP contribution in [0.25, 0.3) is 0 Å². The fraction of sp³-hybridized carbons (Fsp3) is 0.833. The molecule has 0 atom stereocenters. The molecule has 6 heteroatoms.